The third kappa shape index (κ3) is 2.28. The highest BCUT2D eigenvalue weighted by Crippen LogP contribution is 2.36. The molecule has 3 nitrogen and oxygen atoms in total. The van der Waals surface area contributed by atoms with Gasteiger partial charge in [-0.05, 0) is 18.2 Å². The summed E-state index contributed by atoms with van der Waals surface area (Å²) in [6, 6.07) is 3.62. The molecule has 0 atom stereocenters. The van der Waals surface area contributed by atoms with Crippen LogP contribution in [0.2, 0.25) is 5.02 Å². The summed E-state index contributed by atoms with van der Waals surface area (Å²) in [6.07, 6.45) is -1.61. The summed E-state index contributed by atoms with van der Waals surface area (Å²) in [6.45, 7) is 0. The molecule has 2 rings (SSSR count). The van der Waals surface area contributed by atoms with E-state index in [0.717, 1.165) is 6.07 Å². The zero-order chi connectivity index (χ0) is 13.3. The van der Waals surface area contributed by atoms with Crippen molar-refractivity contribution in [3.05, 3.63) is 41.2 Å². The van der Waals surface area contributed by atoms with E-state index in [1.807, 2.05) is 0 Å². The lowest BCUT2D eigenvalue weighted by Gasteiger charge is -2.15. The van der Waals surface area contributed by atoms with Crippen molar-refractivity contribution in [1.29, 1.82) is 0 Å². The van der Waals surface area contributed by atoms with E-state index in [4.69, 9.17) is 11.6 Å². The van der Waals surface area contributed by atoms with Gasteiger partial charge in [-0.15, -0.1) is 0 Å². The van der Waals surface area contributed by atoms with Crippen molar-refractivity contribution in [2.75, 3.05) is 12.4 Å². The molecule has 0 radical (unpaired) electrons. The first-order valence-corrected chi connectivity index (χ1v) is 5.39. The van der Waals surface area contributed by atoms with Crippen molar-refractivity contribution in [1.82, 2.24) is 9.55 Å². The van der Waals surface area contributed by atoms with E-state index in [9.17, 15) is 13.2 Å². The zero-order valence-electron chi connectivity index (χ0n) is 9.29. The Kier molecular flexibility index (Phi) is 3.21. The maximum atomic E-state index is 12.9. The van der Waals surface area contributed by atoms with Crippen LogP contribution in [0.15, 0.2) is 30.6 Å². The lowest BCUT2D eigenvalue weighted by Crippen LogP contribution is -2.11. The highest BCUT2D eigenvalue weighted by molar-refractivity contribution is 6.30. The molecule has 18 heavy (non-hydrogen) atoms. The zero-order valence-corrected chi connectivity index (χ0v) is 10.0. The van der Waals surface area contributed by atoms with Crippen molar-refractivity contribution in [3.63, 3.8) is 0 Å². The predicted molar refractivity (Wildman–Crippen MR) is 63.1 cm³/mol. The van der Waals surface area contributed by atoms with Crippen LogP contribution in [0.5, 0.6) is 0 Å². The molecule has 1 aromatic heterocycles. The van der Waals surface area contributed by atoms with Crippen molar-refractivity contribution >= 4 is 17.5 Å². The maximum absolute atomic E-state index is 12.9. The van der Waals surface area contributed by atoms with E-state index in [1.54, 1.807) is 7.05 Å². The van der Waals surface area contributed by atoms with Gasteiger partial charge in [0.15, 0.2) is 0 Å². The minimum Gasteiger partial charge on any atom is -0.358 e. The predicted octanol–water partition coefficient (Wildman–Crippen LogP) is 3.59. The first kappa shape index (κ1) is 12.8. The van der Waals surface area contributed by atoms with Gasteiger partial charge in [-0.25, -0.2) is 4.98 Å². The fourth-order valence-corrected chi connectivity index (χ4v) is 1.80. The standard InChI is InChI=1S/C11H9ClF3N3/c1-16-10-17-4-5-18(10)9-3-2-7(12)6-8(9)11(13,14)15/h2-6H,1H3,(H,16,17). The van der Waals surface area contributed by atoms with E-state index in [0.29, 0.717) is 5.95 Å². The number of benzene rings is 1. The van der Waals surface area contributed by atoms with Crippen LogP contribution in [0.25, 0.3) is 5.69 Å². The normalized spacial score (nSPS) is 11.6. The molecule has 0 saturated carbocycles. The molecule has 7 heteroatoms. The Bertz CT molecular complexity index is 563. The Morgan fingerprint density at radius 1 is 1.33 bits per heavy atom. The lowest BCUT2D eigenvalue weighted by atomic mass is 10.1. The van der Waals surface area contributed by atoms with Crippen LogP contribution in [0.1, 0.15) is 5.56 Å². The highest BCUT2D eigenvalue weighted by Gasteiger charge is 2.34. The number of nitrogens with zero attached hydrogens (tertiary/aromatic N) is 2. The van der Waals surface area contributed by atoms with Gasteiger partial charge in [0.1, 0.15) is 0 Å². The monoisotopic (exact) mass is 275 g/mol. The number of halogens is 4. The number of nitrogens with one attached hydrogen (secondary N) is 1. The summed E-state index contributed by atoms with van der Waals surface area (Å²) in [7, 11) is 1.59. The Hall–Kier alpha value is -1.69. The highest BCUT2D eigenvalue weighted by atomic mass is 35.5. The summed E-state index contributed by atoms with van der Waals surface area (Å²) in [4.78, 5) is 3.91. The summed E-state index contributed by atoms with van der Waals surface area (Å²) in [5, 5.41) is 2.76. The smallest absolute Gasteiger partial charge is 0.358 e. The molecule has 1 N–H and O–H groups in total. The van der Waals surface area contributed by atoms with Crippen molar-refractivity contribution < 1.29 is 13.2 Å². The summed E-state index contributed by atoms with van der Waals surface area (Å²) >= 11 is 5.62. The Morgan fingerprint density at radius 2 is 2.06 bits per heavy atom. The van der Waals surface area contributed by atoms with Crippen LogP contribution in [-0.2, 0) is 6.18 Å². The summed E-state index contributed by atoms with van der Waals surface area (Å²) in [5.74, 6) is 0.322. The van der Waals surface area contributed by atoms with Gasteiger partial charge < -0.3 is 5.32 Å². The molecule has 1 aromatic carbocycles. The Labute approximate surface area is 106 Å². The average molecular weight is 276 g/mol. The van der Waals surface area contributed by atoms with E-state index < -0.39 is 11.7 Å². The minimum absolute atomic E-state index is 0.0197. The number of alkyl halides is 3. The SMILES string of the molecule is CNc1nccn1-c1ccc(Cl)cc1C(F)(F)F. The molecular formula is C11H9ClF3N3. The van der Waals surface area contributed by atoms with Crippen molar-refractivity contribution in [2.45, 2.75) is 6.18 Å². The molecule has 0 aliphatic rings. The van der Waals surface area contributed by atoms with E-state index >= 15 is 0 Å². The van der Waals surface area contributed by atoms with Gasteiger partial charge in [-0.2, -0.15) is 13.2 Å². The molecule has 0 amide bonds. The van der Waals surface area contributed by atoms with Gasteiger partial charge in [0.25, 0.3) is 0 Å². The van der Waals surface area contributed by atoms with Crippen LogP contribution in [-0.4, -0.2) is 16.6 Å². The van der Waals surface area contributed by atoms with Gasteiger partial charge in [-0.1, -0.05) is 11.6 Å². The fraction of sp³-hybridized carbons (Fsp3) is 0.182. The largest absolute Gasteiger partial charge is 0.418 e. The Morgan fingerprint density at radius 3 is 2.67 bits per heavy atom. The van der Waals surface area contributed by atoms with E-state index in [2.05, 4.69) is 10.3 Å². The second-order valence-electron chi connectivity index (χ2n) is 3.53. The lowest BCUT2D eigenvalue weighted by molar-refractivity contribution is -0.137. The van der Waals surface area contributed by atoms with Gasteiger partial charge in [-0.3, -0.25) is 4.57 Å². The average Bonchev–Trinajstić information content (AvgIpc) is 2.75. The van der Waals surface area contributed by atoms with Crippen LogP contribution < -0.4 is 5.32 Å². The van der Waals surface area contributed by atoms with Crippen molar-refractivity contribution in [2.24, 2.45) is 0 Å². The van der Waals surface area contributed by atoms with Gasteiger partial charge in [0, 0.05) is 24.5 Å². The number of imidazole rings is 1. The quantitative estimate of drug-likeness (QED) is 0.908. The second-order valence-corrected chi connectivity index (χ2v) is 3.97. The van der Waals surface area contributed by atoms with E-state index in [-0.39, 0.29) is 10.7 Å². The first-order chi connectivity index (χ1) is 8.43. The molecule has 0 spiro atoms. The molecular weight excluding hydrogens is 267 g/mol. The van der Waals surface area contributed by atoms with Crippen LogP contribution in [0.3, 0.4) is 0 Å². The minimum atomic E-state index is -4.48. The number of hydrogen-bond donors (Lipinski definition) is 1. The molecule has 0 fully saturated rings. The molecule has 96 valence electrons. The molecule has 0 bridgehead atoms. The molecule has 0 aliphatic heterocycles. The van der Waals surface area contributed by atoms with Crippen molar-refractivity contribution in [3.8, 4) is 5.69 Å². The first-order valence-electron chi connectivity index (χ1n) is 5.01. The second kappa shape index (κ2) is 4.53. The molecule has 0 aliphatic carbocycles. The molecule has 1 heterocycles. The fourth-order valence-electron chi connectivity index (χ4n) is 1.63. The molecule has 0 unspecified atom stereocenters. The van der Waals surface area contributed by atoms with Crippen LogP contribution >= 0.6 is 11.6 Å². The molecule has 2 aromatic rings. The van der Waals surface area contributed by atoms with Crippen LogP contribution in [0.4, 0.5) is 19.1 Å². The summed E-state index contributed by atoms with van der Waals surface area (Å²) < 4.78 is 40.1. The number of aromatic nitrogens is 2. The third-order valence-electron chi connectivity index (χ3n) is 2.39. The topological polar surface area (TPSA) is 29.9 Å². The van der Waals surface area contributed by atoms with Crippen LogP contribution in [0, 0.1) is 0 Å². The number of anilines is 1. The van der Waals surface area contributed by atoms with E-state index in [1.165, 1.54) is 29.1 Å². The molecule has 0 saturated heterocycles. The Balaban J connectivity index is 2.65. The van der Waals surface area contributed by atoms with Gasteiger partial charge >= 0.3 is 6.18 Å². The third-order valence-corrected chi connectivity index (χ3v) is 2.62. The number of rotatable bonds is 2. The van der Waals surface area contributed by atoms with Gasteiger partial charge in [0.2, 0.25) is 5.95 Å². The number of hydrogen-bond acceptors (Lipinski definition) is 2. The summed E-state index contributed by atoms with van der Waals surface area (Å²) in [5.41, 5.74) is -0.821. The van der Waals surface area contributed by atoms with Gasteiger partial charge in [0.05, 0.1) is 11.3 Å². The maximum Gasteiger partial charge on any atom is 0.418 e.